The van der Waals surface area contributed by atoms with Gasteiger partial charge < -0.3 is 15.2 Å². The van der Waals surface area contributed by atoms with Crippen molar-refractivity contribution in [3.8, 4) is 0 Å². The van der Waals surface area contributed by atoms with Gasteiger partial charge in [0.05, 0.1) is 6.61 Å². The van der Waals surface area contributed by atoms with Gasteiger partial charge >= 0.3 is 17.9 Å². The number of hydrogen-bond acceptors (Lipinski definition) is 6. The first-order chi connectivity index (χ1) is 23.0. The van der Waals surface area contributed by atoms with Crippen molar-refractivity contribution in [2.45, 2.75) is 238 Å². The highest BCUT2D eigenvalue weighted by molar-refractivity contribution is 5.85. The van der Waals surface area contributed by atoms with Crippen molar-refractivity contribution in [2.24, 2.45) is 5.73 Å². The number of ether oxygens (including phenoxy) is 2. The fourth-order valence-corrected chi connectivity index (χ4v) is 6.19. The summed E-state index contributed by atoms with van der Waals surface area (Å²) in [5.41, 5.74) is 5.90. The van der Waals surface area contributed by atoms with Gasteiger partial charge in [0.25, 0.3) is 0 Å². The van der Waals surface area contributed by atoms with Crippen LogP contribution >= 0.6 is 0 Å². The zero-order chi connectivity index (χ0) is 34.5. The Hall–Kier alpha value is -1.43. The molecule has 6 nitrogen and oxygen atoms in total. The minimum atomic E-state index is -0.866. The summed E-state index contributed by atoms with van der Waals surface area (Å²) in [6.07, 6.45) is 40.1. The summed E-state index contributed by atoms with van der Waals surface area (Å²) in [5.74, 6) is -1.58. The molecule has 0 amide bonds. The van der Waals surface area contributed by atoms with Crippen LogP contribution in [0, 0.1) is 0 Å². The molecule has 0 spiro atoms. The van der Waals surface area contributed by atoms with Crippen LogP contribution in [0.4, 0.5) is 0 Å². The van der Waals surface area contributed by atoms with Gasteiger partial charge in [0.15, 0.2) is 0 Å². The fraction of sp³-hybridized carbons (Fsp3) is 0.927. The molecule has 0 radical (unpaired) electrons. The highest BCUT2D eigenvalue weighted by Gasteiger charge is 2.18. The molecule has 0 rings (SSSR count). The molecule has 0 aliphatic rings. The maximum absolute atomic E-state index is 12.1. The number of hydrogen-bond donors (Lipinski definition) is 1. The summed E-state index contributed by atoms with van der Waals surface area (Å²) in [6, 6.07) is -0.866. The molecule has 6 heteroatoms. The first-order valence-electron chi connectivity index (χ1n) is 20.7. The van der Waals surface area contributed by atoms with E-state index in [9.17, 15) is 14.4 Å². The van der Waals surface area contributed by atoms with Gasteiger partial charge in [0, 0.05) is 12.8 Å². The van der Waals surface area contributed by atoms with Gasteiger partial charge in [-0.05, 0) is 19.3 Å². The molecule has 0 aliphatic carbocycles. The van der Waals surface area contributed by atoms with Crippen LogP contribution in [-0.4, -0.2) is 30.6 Å². The third-order valence-corrected chi connectivity index (χ3v) is 9.42. The number of unbranched alkanes of at least 4 members (excludes halogenated alkanes) is 29. The second-order valence-corrected chi connectivity index (χ2v) is 14.2. The van der Waals surface area contributed by atoms with E-state index < -0.39 is 23.9 Å². The maximum Gasteiger partial charge on any atom is 0.322 e. The number of esters is 3. The van der Waals surface area contributed by atoms with Gasteiger partial charge in [-0.3, -0.25) is 14.4 Å². The van der Waals surface area contributed by atoms with Crippen LogP contribution < -0.4 is 5.73 Å². The molecular formula is C41H79NO5. The third-order valence-electron chi connectivity index (χ3n) is 9.42. The van der Waals surface area contributed by atoms with Crippen LogP contribution in [0.5, 0.6) is 0 Å². The molecule has 0 aromatic heterocycles. The van der Waals surface area contributed by atoms with Gasteiger partial charge in [-0.2, -0.15) is 0 Å². The average molecular weight is 666 g/mol. The molecule has 278 valence electrons. The van der Waals surface area contributed by atoms with E-state index in [1.807, 2.05) is 0 Å². The van der Waals surface area contributed by atoms with Crippen LogP contribution in [0.15, 0.2) is 0 Å². The zero-order valence-corrected chi connectivity index (χ0v) is 31.4. The lowest BCUT2D eigenvalue weighted by Gasteiger charge is -2.11. The number of rotatable bonds is 37. The zero-order valence-electron chi connectivity index (χ0n) is 31.4. The Balaban J connectivity index is 3.48. The Morgan fingerprint density at radius 2 is 0.723 bits per heavy atom. The van der Waals surface area contributed by atoms with E-state index in [-0.39, 0.29) is 19.3 Å². The van der Waals surface area contributed by atoms with Crippen molar-refractivity contribution < 1.29 is 23.9 Å². The molecule has 2 N–H and O–H groups in total. The highest BCUT2D eigenvalue weighted by Crippen LogP contribution is 2.15. The fourth-order valence-electron chi connectivity index (χ4n) is 6.19. The Morgan fingerprint density at radius 1 is 0.426 bits per heavy atom. The lowest BCUT2D eigenvalue weighted by Crippen LogP contribution is -2.33. The van der Waals surface area contributed by atoms with E-state index in [0.29, 0.717) is 6.61 Å². The Labute approximate surface area is 291 Å². The van der Waals surface area contributed by atoms with Crippen molar-refractivity contribution >= 4 is 17.9 Å². The van der Waals surface area contributed by atoms with Gasteiger partial charge in [-0.25, -0.2) is 0 Å². The Kier molecular flexibility index (Phi) is 36.3. The van der Waals surface area contributed by atoms with E-state index in [2.05, 4.69) is 13.8 Å². The third kappa shape index (κ3) is 35.7. The van der Waals surface area contributed by atoms with Crippen LogP contribution in [0.1, 0.15) is 232 Å². The minimum Gasteiger partial charge on any atom is -0.465 e. The quantitative estimate of drug-likeness (QED) is 0.0403. The van der Waals surface area contributed by atoms with Crippen molar-refractivity contribution in [2.75, 3.05) is 6.61 Å². The van der Waals surface area contributed by atoms with Crippen molar-refractivity contribution in [3.05, 3.63) is 0 Å². The second-order valence-electron chi connectivity index (χ2n) is 14.2. The first kappa shape index (κ1) is 45.6. The van der Waals surface area contributed by atoms with Crippen LogP contribution in [0.25, 0.3) is 0 Å². The molecule has 0 aliphatic heterocycles. The monoisotopic (exact) mass is 666 g/mol. The average Bonchev–Trinajstić information content (AvgIpc) is 3.06. The summed E-state index contributed by atoms with van der Waals surface area (Å²) >= 11 is 0. The van der Waals surface area contributed by atoms with E-state index in [1.165, 1.54) is 167 Å². The largest absolute Gasteiger partial charge is 0.465 e. The summed E-state index contributed by atoms with van der Waals surface area (Å²) in [7, 11) is 0. The summed E-state index contributed by atoms with van der Waals surface area (Å²) < 4.78 is 10.2. The van der Waals surface area contributed by atoms with Gasteiger partial charge in [0.2, 0.25) is 0 Å². The molecule has 1 atom stereocenters. The standard InChI is InChI=1S/C41H79NO5/c1-3-5-7-9-11-13-15-17-19-21-23-25-27-29-31-33-37-46-41(45)38(42)35-36-40(44)47-39(43)34-32-30-28-26-24-22-20-18-16-14-12-10-8-6-4-2/h38H,3-37,42H2,1-2H3/t38-/m0/s1. The maximum atomic E-state index is 12.1. The van der Waals surface area contributed by atoms with Gasteiger partial charge in [-0.1, -0.05) is 200 Å². The Morgan fingerprint density at radius 3 is 1.09 bits per heavy atom. The lowest BCUT2D eigenvalue weighted by molar-refractivity contribution is -0.159. The smallest absolute Gasteiger partial charge is 0.322 e. The number of nitrogens with two attached hydrogens (primary N) is 1. The van der Waals surface area contributed by atoms with Gasteiger partial charge in [0.1, 0.15) is 6.04 Å². The van der Waals surface area contributed by atoms with Gasteiger partial charge in [-0.15, -0.1) is 0 Å². The SMILES string of the molecule is CCCCCCCCCCCCCCCCCCOC(=O)[C@@H](N)CCC(=O)OC(=O)CCCCCCCCCCCCCCCCC. The van der Waals surface area contributed by atoms with Crippen molar-refractivity contribution in [1.82, 2.24) is 0 Å². The molecule has 0 unspecified atom stereocenters. The van der Waals surface area contributed by atoms with E-state index in [1.54, 1.807) is 0 Å². The number of carbonyl (C=O) groups excluding carboxylic acids is 3. The topological polar surface area (TPSA) is 95.7 Å². The van der Waals surface area contributed by atoms with Crippen LogP contribution in [-0.2, 0) is 23.9 Å². The van der Waals surface area contributed by atoms with Crippen LogP contribution in [0.3, 0.4) is 0 Å². The van der Waals surface area contributed by atoms with E-state index in [0.717, 1.165) is 32.1 Å². The molecular weight excluding hydrogens is 586 g/mol. The molecule has 0 fully saturated rings. The summed E-state index contributed by atoms with van der Waals surface area (Å²) in [4.78, 5) is 36.1. The normalized spacial score (nSPS) is 11.9. The molecule has 47 heavy (non-hydrogen) atoms. The predicted octanol–water partition coefficient (Wildman–Crippen LogP) is 12.2. The first-order valence-corrected chi connectivity index (χ1v) is 20.7. The summed E-state index contributed by atoms with van der Waals surface area (Å²) in [6.45, 7) is 4.90. The van der Waals surface area contributed by atoms with Crippen molar-refractivity contribution in [1.29, 1.82) is 0 Å². The minimum absolute atomic E-state index is 0.0556. The highest BCUT2D eigenvalue weighted by atomic mass is 16.6. The van der Waals surface area contributed by atoms with E-state index in [4.69, 9.17) is 15.2 Å². The van der Waals surface area contributed by atoms with Crippen LogP contribution in [0.2, 0.25) is 0 Å². The molecule has 0 bridgehead atoms. The van der Waals surface area contributed by atoms with E-state index >= 15 is 0 Å². The second kappa shape index (κ2) is 37.4. The summed E-state index contributed by atoms with van der Waals surface area (Å²) in [5, 5.41) is 0. The molecule has 0 aromatic rings. The molecule has 0 saturated heterocycles. The molecule has 0 heterocycles. The predicted molar refractivity (Wildman–Crippen MR) is 198 cm³/mol. The lowest BCUT2D eigenvalue weighted by atomic mass is 10.0. The molecule has 0 saturated carbocycles. The van der Waals surface area contributed by atoms with Crippen molar-refractivity contribution in [3.63, 3.8) is 0 Å². The Bertz CT molecular complexity index is 697. The molecule has 0 aromatic carbocycles. The number of carbonyl (C=O) groups is 3.